The Kier molecular flexibility index (Phi) is 2.31. The van der Waals surface area contributed by atoms with Gasteiger partial charge in [0.2, 0.25) is 0 Å². The van der Waals surface area contributed by atoms with Gasteiger partial charge in [0, 0.05) is 0 Å². The third-order valence-electron chi connectivity index (χ3n) is 1.50. The number of hydrogen-bond donors (Lipinski definition) is 0. The van der Waals surface area contributed by atoms with Gasteiger partial charge >= 0.3 is 81.6 Å². The standard InChI is InChI=1S/C9H6ClNSe/c10-8-3-1-2-7(6-8)9-11-4-5-12-9/h1-6H. The molecule has 2 aromatic rings. The quantitative estimate of drug-likeness (QED) is 0.700. The summed E-state index contributed by atoms with van der Waals surface area (Å²) in [5.74, 6) is 0. The number of halogens is 1. The second-order valence-corrected chi connectivity index (χ2v) is 4.66. The molecule has 0 saturated carbocycles. The molecule has 0 radical (unpaired) electrons. The van der Waals surface area contributed by atoms with Crippen molar-refractivity contribution in [2.75, 3.05) is 0 Å². The summed E-state index contributed by atoms with van der Waals surface area (Å²) in [6, 6.07) is 7.82. The Morgan fingerprint density at radius 2 is 2.25 bits per heavy atom. The zero-order chi connectivity index (χ0) is 8.39. The van der Waals surface area contributed by atoms with E-state index in [1.54, 1.807) is 0 Å². The maximum absolute atomic E-state index is 5.85. The van der Waals surface area contributed by atoms with Crippen molar-refractivity contribution in [3.63, 3.8) is 0 Å². The number of nitrogens with zero attached hydrogens (tertiary/aromatic N) is 1. The number of aromatic nitrogens is 1. The van der Waals surface area contributed by atoms with E-state index in [1.165, 1.54) is 0 Å². The zero-order valence-corrected chi connectivity index (χ0v) is 8.67. The van der Waals surface area contributed by atoms with E-state index >= 15 is 0 Å². The van der Waals surface area contributed by atoms with Crippen molar-refractivity contribution in [2.45, 2.75) is 0 Å². The van der Waals surface area contributed by atoms with Crippen LogP contribution in [0.5, 0.6) is 0 Å². The van der Waals surface area contributed by atoms with E-state index in [0.717, 1.165) is 15.2 Å². The van der Waals surface area contributed by atoms with Crippen LogP contribution in [0, 0.1) is 0 Å². The molecule has 1 aromatic carbocycles. The molecule has 60 valence electrons. The second kappa shape index (κ2) is 3.44. The van der Waals surface area contributed by atoms with Crippen molar-refractivity contribution in [3.05, 3.63) is 40.4 Å². The summed E-state index contributed by atoms with van der Waals surface area (Å²) in [5, 5.41) is 0.776. The van der Waals surface area contributed by atoms with Crippen LogP contribution in [0.15, 0.2) is 35.4 Å². The van der Waals surface area contributed by atoms with E-state index < -0.39 is 0 Å². The normalized spacial score (nSPS) is 10.1. The van der Waals surface area contributed by atoms with Crippen LogP contribution < -0.4 is 0 Å². The average Bonchev–Trinajstić information content (AvgIpc) is 2.56. The predicted octanol–water partition coefficient (Wildman–Crippen LogP) is 2.46. The molecular weight excluding hydrogens is 237 g/mol. The van der Waals surface area contributed by atoms with Crippen LogP contribution in [0.25, 0.3) is 10.1 Å². The first-order valence-corrected chi connectivity index (χ1v) is 5.74. The van der Waals surface area contributed by atoms with Crippen molar-refractivity contribution in [1.82, 2.24) is 4.98 Å². The monoisotopic (exact) mass is 243 g/mol. The Morgan fingerprint density at radius 1 is 1.33 bits per heavy atom. The molecule has 0 aliphatic heterocycles. The molecule has 3 heteroatoms. The van der Waals surface area contributed by atoms with Gasteiger partial charge < -0.3 is 0 Å². The molecule has 0 bridgehead atoms. The van der Waals surface area contributed by atoms with Crippen molar-refractivity contribution >= 4 is 26.1 Å². The van der Waals surface area contributed by atoms with E-state index in [9.17, 15) is 0 Å². The van der Waals surface area contributed by atoms with Crippen LogP contribution in [0.3, 0.4) is 0 Å². The molecule has 0 fully saturated rings. The minimum absolute atomic E-state index is 0.394. The Hall–Kier alpha value is -0.561. The molecule has 0 unspecified atom stereocenters. The van der Waals surface area contributed by atoms with Crippen LogP contribution >= 0.6 is 11.6 Å². The molecule has 1 nitrogen and oxygen atoms in total. The Morgan fingerprint density at radius 3 is 2.92 bits per heavy atom. The topological polar surface area (TPSA) is 12.9 Å². The van der Waals surface area contributed by atoms with E-state index in [4.69, 9.17) is 11.6 Å². The summed E-state index contributed by atoms with van der Waals surface area (Å²) in [7, 11) is 0. The number of benzene rings is 1. The van der Waals surface area contributed by atoms with Crippen molar-refractivity contribution < 1.29 is 0 Å². The predicted molar refractivity (Wildman–Crippen MR) is 51.6 cm³/mol. The van der Waals surface area contributed by atoms with Gasteiger partial charge in [-0.15, -0.1) is 0 Å². The summed E-state index contributed by atoms with van der Waals surface area (Å²) in [6.45, 7) is 0. The maximum atomic E-state index is 5.85. The van der Waals surface area contributed by atoms with E-state index in [1.807, 2.05) is 30.5 Å². The van der Waals surface area contributed by atoms with Crippen LogP contribution in [0.4, 0.5) is 0 Å². The SMILES string of the molecule is Clc1cccc(-c2ncc[se]2)c1. The first-order valence-electron chi connectivity index (χ1n) is 3.52. The molecule has 12 heavy (non-hydrogen) atoms. The Labute approximate surface area is 81.8 Å². The molecule has 0 aliphatic carbocycles. The van der Waals surface area contributed by atoms with Gasteiger partial charge in [0.15, 0.2) is 0 Å². The summed E-state index contributed by atoms with van der Waals surface area (Å²) >= 11 is 6.25. The molecular formula is C9H6ClNSe. The molecule has 0 amide bonds. The molecule has 1 heterocycles. The summed E-state index contributed by atoms with van der Waals surface area (Å²) < 4.78 is 1.16. The molecule has 0 atom stereocenters. The van der Waals surface area contributed by atoms with Gasteiger partial charge in [-0.25, -0.2) is 0 Å². The van der Waals surface area contributed by atoms with Crippen LogP contribution in [-0.2, 0) is 0 Å². The Balaban J connectivity index is 2.48. The van der Waals surface area contributed by atoms with Crippen LogP contribution in [0.1, 0.15) is 0 Å². The number of hydrogen-bond acceptors (Lipinski definition) is 1. The summed E-state index contributed by atoms with van der Waals surface area (Å²) in [6.07, 6.45) is 1.86. The Bertz CT molecular complexity index is 370. The van der Waals surface area contributed by atoms with Crippen LogP contribution in [0.2, 0.25) is 5.02 Å². The number of rotatable bonds is 1. The van der Waals surface area contributed by atoms with E-state index in [0.29, 0.717) is 14.5 Å². The van der Waals surface area contributed by atoms with Gasteiger partial charge in [0.25, 0.3) is 0 Å². The molecule has 1 aromatic heterocycles. The summed E-state index contributed by atoms with van der Waals surface area (Å²) in [5.41, 5.74) is 1.15. The first-order chi connectivity index (χ1) is 5.86. The van der Waals surface area contributed by atoms with Crippen LogP contribution in [-0.4, -0.2) is 19.5 Å². The van der Waals surface area contributed by atoms with Crippen molar-refractivity contribution in [3.8, 4) is 10.1 Å². The first kappa shape index (κ1) is 8.06. The molecule has 0 spiro atoms. The van der Waals surface area contributed by atoms with E-state index in [2.05, 4.69) is 9.92 Å². The van der Waals surface area contributed by atoms with E-state index in [-0.39, 0.29) is 0 Å². The van der Waals surface area contributed by atoms with Gasteiger partial charge in [-0.05, 0) is 0 Å². The molecule has 0 saturated heterocycles. The second-order valence-electron chi connectivity index (χ2n) is 2.35. The van der Waals surface area contributed by atoms with Crippen molar-refractivity contribution in [2.24, 2.45) is 0 Å². The third kappa shape index (κ3) is 1.61. The van der Waals surface area contributed by atoms with Gasteiger partial charge in [-0.1, -0.05) is 0 Å². The molecule has 0 N–H and O–H groups in total. The fourth-order valence-corrected chi connectivity index (χ4v) is 2.51. The van der Waals surface area contributed by atoms with Crippen molar-refractivity contribution in [1.29, 1.82) is 0 Å². The minimum atomic E-state index is 0.394. The van der Waals surface area contributed by atoms with Gasteiger partial charge in [-0.2, -0.15) is 0 Å². The summed E-state index contributed by atoms with van der Waals surface area (Å²) in [4.78, 5) is 6.35. The van der Waals surface area contributed by atoms with Gasteiger partial charge in [-0.3, -0.25) is 0 Å². The zero-order valence-electron chi connectivity index (χ0n) is 6.20. The molecule has 0 aliphatic rings. The fourth-order valence-electron chi connectivity index (χ4n) is 0.988. The third-order valence-corrected chi connectivity index (χ3v) is 3.46. The van der Waals surface area contributed by atoms with Gasteiger partial charge in [0.1, 0.15) is 0 Å². The fraction of sp³-hybridized carbons (Fsp3) is 0. The van der Waals surface area contributed by atoms with Gasteiger partial charge in [0.05, 0.1) is 0 Å². The average molecular weight is 243 g/mol. The molecule has 2 rings (SSSR count).